The summed E-state index contributed by atoms with van der Waals surface area (Å²) >= 11 is 0. The highest BCUT2D eigenvalue weighted by atomic mass is 16.1. The van der Waals surface area contributed by atoms with Gasteiger partial charge in [-0.05, 0) is 37.5 Å². The molecule has 0 saturated carbocycles. The quantitative estimate of drug-likeness (QED) is 0.772. The number of nitrogens with zero attached hydrogens (tertiary/aromatic N) is 1. The van der Waals surface area contributed by atoms with Crippen LogP contribution in [0.1, 0.15) is 45.0 Å². The maximum atomic E-state index is 12.3. The van der Waals surface area contributed by atoms with E-state index in [9.17, 15) is 10.1 Å². The summed E-state index contributed by atoms with van der Waals surface area (Å²) in [7, 11) is 0. The standard InChI is InChI=1S/C19H19NO/c1-13-9-14(2)19(15(3)10-13)17(12-20)11-18(21)16-7-5-4-6-8-16/h4-10,17H,11H2,1-3H3/t17-/m0/s1. The van der Waals surface area contributed by atoms with Gasteiger partial charge in [0.1, 0.15) is 0 Å². The second-order valence-electron chi connectivity index (χ2n) is 5.49. The number of nitriles is 1. The first-order chi connectivity index (χ1) is 10.0. The molecule has 2 heteroatoms. The fourth-order valence-corrected chi connectivity index (χ4v) is 2.88. The third kappa shape index (κ3) is 3.38. The number of carbonyl (C=O) groups excluding carboxylic acids is 1. The summed E-state index contributed by atoms with van der Waals surface area (Å²) in [4.78, 5) is 12.3. The molecule has 106 valence electrons. The van der Waals surface area contributed by atoms with Crippen molar-refractivity contribution < 1.29 is 4.79 Å². The molecule has 0 saturated heterocycles. The first kappa shape index (κ1) is 15.0. The van der Waals surface area contributed by atoms with E-state index in [0.717, 1.165) is 16.7 Å². The lowest BCUT2D eigenvalue weighted by atomic mass is 9.86. The van der Waals surface area contributed by atoms with Gasteiger partial charge in [-0.3, -0.25) is 4.79 Å². The van der Waals surface area contributed by atoms with Crippen LogP contribution in [-0.4, -0.2) is 5.78 Å². The van der Waals surface area contributed by atoms with Gasteiger partial charge in [-0.25, -0.2) is 0 Å². The normalized spacial score (nSPS) is 11.7. The van der Waals surface area contributed by atoms with Crippen molar-refractivity contribution in [3.05, 3.63) is 70.3 Å². The van der Waals surface area contributed by atoms with E-state index in [4.69, 9.17) is 0 Å². The first-order valence-corrected chi connectivity index (χ1v) is 7.08. The Morgan fingerprint density at radius 3 is 2.19 bits per heavy atom. The minimum Gasteiger partial charge on any atom is -0.294 e. The van der Waals surface area contributed by atoms with E-state index in [1.54, 1.807) is 12.1 Å². The third-order valence-corrected chi connectivity index (χ3v) is 3.73. The second-order valence-corrected chi connectivity index (χ2v) is 5.49. The highest BCUT2D eigenvalue weighted by Gasteiger charge is 2.20. The average Bonchev–Trinajstić information content (AvgIpc) is 2.45. The Balaban J connectivity index is 2.30. The molecule has 2 nitrogen and oxygen atoms in total. The monoisotopic (exact) mass is 277 g/mol. The molecule has 0 fully saturated rings. The van der Waals surface area contributed by atoms with Crippen LogP contribution in [0.15, 0.2) is 42.5 Å². The number of Topliss-reactive ketones (excluding diaryl/α,β-unsaturated/α-hetero) is 1. The highest BCUT2D eigenvalue weighted by Crippen LogP contribution is 2.28. The van der Waals surface area contributed by atoms with Crippen molar-refractivity contribution in [3.8, 4) is 6.07 Å². The summed E-state index contributed by atoms with van der Waals surface area (Å²) in [5.41, 5.74) is 5.01. The van der Waals surface area contributed by atoms with Crippen molar-refractivity contribution in [1.29, 1.82) is 5.26 Å². The molecule has 21 heavy (non-hydrogen) atoms. The van der Waals surface area contributed by atoms with Crippen molar-refractivity contribution in [2.24, 2.45) is 0 Å². The van der Waals surface area contributed by atoms with Crippen LogP contribution in [0, 0.1) is 32.1 Å². The van der Waals surface area contributed by atoms with Crippen LogP contribution in [0.3, 0.4) is 0 Å². The largest absolute Gasteiger partial charge is 0.294 e. The maximum Gasteiger partial charge on any atom is 0.164 e. The fraction of sp³-hybridized carbons (Fsp3) is 0.263. The van der Waals surface area contributed by atoms with Crippen LogP contribution < -0.4 is 0 Å². The zero-order valence-corrected chi connectivity index (χ0v) is 12.7. The van der Waals surface area contributed by atoms with Gasteiger partial charge in [0, 0.05) is 12.0 Å². The van der Waals surface area contributed by atoms with Crippen molar-refractivity contribution in [3.63, 3.8) is 0 Å². The molecule has 0 aliphatic rings. The molecule has 2 aromatic carbocycles. The van der Waals surface area contributed by atoms with E-state index in [1.165, 1.54) is 5.56 Å². The molecule has 0 bridgehead atoms. The minimum atomic E-state index is -0.390. The van der Waals surface area contributed by atoms with Gasteiger partial charge in [-0.15, -0.1) is 0 Å². The molecule has 0 aliphatic heterocycles. The van der Waals surface area contributed by atoms with E-state index in [-0.39, 0.29) is 12.2 Å². The molecular weight excluding hydrogens is 258 g/mol. The van der Waals surface area contributed by atoms with Crippen LogP contribution in [0.5, 0.6) is 0 Å². The van der Waals surface area contributed by atoms with Crippen LogP contribution in [-0.2, 0) is 0 Å². The van der Waals surface area contributed by atoms with Crippen molar-refractivity contribution in [2.75, 3.05) is 0 Å². The van der Waals surface area contributed by atoms with E-state index in [1.807, 2.05) is 39.0 Å². The van der Waals surface area contributed by atoms with Gasteiger partial charge in [0.25, 0.3) is 0 Å². The third-order valence-electron chi connectivity index (χ3n) is 3.73. The summed E-state index contributed by atoms with van der Waals surface area (Å²) < 4.78 is 0. The molecule has 0 aliphatic carbocycles. The molecule has 0 aromatic heterocycles. The average molecular weight is 277 g/mol. The van der Waals surface area contributed by atoms with Crippen molar-refractivity contribution in [1.82, 2.24) is 0 Å². The molecule has 1 atom stereocenters. The molecule has 2 aromatic rings. The Morgan fingerprint density at radius 1 is 1.10 bits per heavy atom. The number of carbonyl (C=O) groups is 1. The molecule has 0 amide bonds. The van der Waals surface area contributed by atoms with Crippen LogP contribution >= 0.6 is 0 Å². The summed E-state index contributed by atoms with van der Waals surface area (Å²) in [5, 5.41) is 9.49. The Labute approximate surface area is 126 Å². The topological polar surface area (TPSA) is 40.9 Å². The summed E-state index contributed by atoms with van der Waals surface area (Å²) in [6.07, 6.45) is 0.227. The molecule has 0 heterocycles. The SMILES string of the molecule is Cc1cc(C)c([C@H](C#N)CC(=O)c2ccccc2)c(C)c1. The number of aryl methyl sites for hydroxylation is 3. The molecular formula is C19H19NO. The van der Waals surface area contributed by atoms with Crippen LogP contribution in [0.2, 0.25) is 0 Å². The summed E-state index contributed by atoms with van der Waals surface area (Å²) in [6.45, 7) is 6.06. The zero-order valence-electron chi connectivity index (χ0n) is 12.7. The van der Waals surface area contributed by atoms with Gasteiger partial charge in [-0.1, -0.05) is 48.0 Å². The Hall–Kier alpha value is -2.40. The number of benzene rings is 2. The number of ketones is 1. The Morgan fingerprint density at radius 2 is 1.67 bits per heavy atom. The van der Waals surface area contributed by atoms with Crippen LogP contribution in [0.25, 0.3) is 0 Å². The van der Waals surface area contributed by atoms with Gasteiger partial charge in [-0.2, -0.15) is 5.26 Å². The Bertz CT molecular complexity index is 672. The van der Waals surface area contributed by atoms with Crippen molar-refractivity contribution >= 4 is 5.78 Å². The highest BCUT2D eigenvalue weighted by molar-refractivity contribution is 5.96. The van der Waals surface area contributed by atoms with Crippen LogP contribution in [0.4, 0.5) is 0 Å². The van der Waals surface area contributed by atoms with Gasteiger partial charge >= 0.3 is 0 Å². The molecule has 0 N–H and O–H groups in total. The fourth-order valence-electron chi connectivity index (χ4n) is 2.88. The van der Waals surface area contributed by atoms with Crippen molar-refractivity contribution in [2.45, 2.75) is 33.1 Å². The van der Waals surface area contributed by atoms with Gasteiger partial charge in [0.15, 0.2) is 5.78 Å². The zero-order chi connectivity index (χ0) is 15.4. The smallest absolute Gasteiger partial charge is 0.164 e. The lowest BCUT2D eigenvalue weighted by Gasteiger charge is -2.16. The lowest BCUT2D eigenvalue weighted by molar-refractivity contribution is 0.0979. The van der Waals surface area contributed by atoms with Gasteiger partial charge in [0.05, 0.1) is 12.0 Å². The molecule has 0 unspecified atom stereocenters. The Kier molecular flexibility index (Phi) is 4.55. The minimum absolute atomic E-state index is 0.0153. The van der Waals surface area contributed by atoms with E-state index < -0.39 is 5.92 Å². The second kappa shape index (κ2) is 6.37. The lowest BCUT2D eigenvalue weighted by Crippen LogP contribution is -2.09. The number of rotatable bonds is 4. The predicted molar refractivity (Wildman–Crippen MR) is 84.4 cm³/mol. The summed E-state index contributed by atoms with van der Waals surface area (Å²) in [5.74, 6) is -0.375. The summed E-state index contributed by atoms with van der Waals surface area (Å²) in [6, 6.07) is 15.6. The number of hydrogen-bond acceptors (Lipinski definition) is 2. The first-order valence-electron chi connectivity index (χ1n) is 7.08. The molecule has 2 rings (SSSR count). The van der Waals surface area contributed by atoms with E-state index in [0.29, 0.717) is 5.56 Å². The predicted octanol–water partition coefficient (Wildman–Crippen LogP) is 4.49. The number of hydrogen-bond donors (Lipinski definition) is 0. The van der Waals surface area contributed by atoms with E-state index >= 15 is 0 Å². The van der Waals surface area contributed by atoms with E-state index in [2.05, 4.69) is 18.2 Å². The molecule has 0 radical (unpaired) electrons. The van der Waals surface area contributed by atoms with Gasteiger partial charge in [0.2, 0.25) is 0 Å². The maximum absolute atomic E-state index is 12.3. The van der Waals surface area contributed by atoms with Gasteiger partial charge < -0.3 is 0 Å². The molecule has 0 spiro atoms.